The first-order chi connectivity index (χ1) is 45.0. The number of nitrogens with one attached hydrogen (secondary N) is 1. The normalized spacial score (nSPS) is 19.4. The highest BCUT2D eigenvalue weighted by Gasteiger charge is 2.51. The molecule has 22 nitrogen and oxygen atoms in total. The number of aldehydes is 1. The lowest BCUT2D eigenvalue weighted by Gasteiger charge is -2.41. The molecule has 6 aromatic carbocycles. The van der Waals surface area contributed by atoms with Crippen molar-refractivity contribution in [3.05, 3.63) is 226 Å². The van der Waals surface area contributed by atoms with Crippen LogP contribution in [0.3, 0.4) is 0 Å². The molecule has 9 amide bonds. The highest BCUT2D eigenvalue weighted by Crippen LogP contribution is 2.41. The van der Waals surface area contributed by atoms with Crippen LogP contribution in [0.1, 0.15) is 142 Å². The molecule has 0 aliphatic carbocycles. The Morgan fingerprint density at radius 2 is 1.05 bits per heavy atom. The smallest absolute Gasteiger partial charge is 0.328 e. The summed E-state index contributed by atoms with van der Waals surface area (Å²) in [6.07, 6.45) is 8.01. The Balaban J connectivity index is 0.000000153. The van der Waals surface area contributed by atoms with Gasteiger partial charge in [0.05, 0.1) is 53.6 Å². The monoisotopic (exact) mass is 1260 g/mol. The number of hydrogen-bond acceptors (Lipinski definition) is 15. The molecule has 0 radical (unpaired) electrons. The second kappa shape index (κ2) is 28.9. The molecule has 476 valence electrons. The Kier molecular flexibility index (Phi) is 20.1. The van der Waals surface area contributed by atoms with Crippen molar-refractivity contribution in [3.63, 3.8) is 0 Å². The Labute approximate surface area is 534 Å². The lowest BCUT2D eigenvalue weighted by Crippen LogP contribution is -2.56. The molecule has 12 rings (SSSR count). The van der Waals surface area contributed by atoms with Gasteiger partial charge in [0.2, 0.25) is 11.8 Å². The van der Waals surface area contributed by atoms with Crippen molar-refractivity contribution in [1.82, 2.24) is 29.8 Å². The second-order valence-corrected chi connectivity index (χ2v) is 22.9. The zero-order chi connectivity index (χ0) is 66.0. The van der Waals surface area contributed by atoms with Gasteiger partial charge in [-0.25, -0.2) is 14.4 Å². The van der Waals surface area contributed by atoms with Crippen LogP contribution in [0.25, 0.3) is 0 Å². The number of esters is 2. The molecule has 22 heteroatoms. The summed E-state index contributed by atoms with van der Waals surface area (Å²) in [5, 5.41) is 12.4. The molecule has 0 spiro atoms. The van der Waals surface area contributed by atoms with Crippen LogP contribution < -0.4 is 5.32 Å². The predicted molar refractivity (Wildman–Crippen MR) is 332 cm³/mol. The van der Waals surface area contributed by atoms with Crippen molar-refractivity contribution in [1.29, 1.82) is 0 Å². The molecule has 6 aromatic rings. The van der Waals surface area contributed by atoms with Crippen LogP contribution in [-0.4, -0.2) is 157 Å². The average molecular weight is 1260 g/mol. The maximum Gasteiger partial charge on any atom is 0.328 e. The molecule has 2 N–H and O–H groups in total. The fourth-order valence-corrected chi connectivity index (χ4v) is 12.8. The topological polar surface area (TPSA) is 289 Å². The van der Waals surface area contributed by atoms with Crippen molar-refractivity contribution in [2.75, 3.05) is 14.2 Å². The van der Waals surface area contributed by atoms with Gasteiger partial charge in [-0.15, -0.1) is 0 Å². The Hall–Kier alpha value is -11.0. The number of unbranched alkanes of at least 4 members (excludes halogenated alkanes) is 1. The van der Waals surface area contributed by atoms with E-state index in [-0.39, 0.29) is 71.5 Å². The molecule has 2 unspecified atom stereocenters. The maximum absolute atomic E-state index is 13.7. The van der Waals surface area contributed by atoms with Gasteiger partial charge in [-0.1, -0.05) is 127 Å². The molecule has 1 fully saturated rings. The van der Waals surface area contributed by atoms with E-state index in [1.165, 1.54) is 24.0 Å². The van der Waals surface area contributed by atoms with E-state index in [0.717, 1.165) is 43.2 Å². The van der Waals surface area contributed by atoms with E-state index in [1.54, 1.807) is 109 Å². The van der Waals surface area contributed by atoms with Crippen LogP contribution in [0.15, 0.2) is 170 Å². The van der Waals surface area contributed by atoms with Gasteiger partial charge in [-0.3, -0.25) is 57.9 Å². The van der Waals surface area contributed by atoms with Gasteiger partial charge in [-0.2, -0.15) is 0 Å². The number of carbonyl (C=O) groups is 13. The molecule has 6 aliphatic rings. The number of amides is 9. The van der Waals surface area contributed by atoms with Gasteiger partial charge in [0, 0.05) is 31.9 Å². The number of nitrogens with zero attached hydrogens (tertiary/aromatic N) is 5. The predicted octanol–water partition coefficient (Wildman–Crippen LogP) is 6.91. The number of fused-ring (bicyclic) bond motifs is 6. The number of hydrogen-bond donors (Lipinski definition) is 2. The standard InChI is InChI=1S/C24H24N2O6.C24H22N2O5.C23H20N2O5/c1-32-24(31)19(13-7-8-14-27)25-21(28)20(15-16-9-3-2-4-10-16)26-22(29)17-11-5-6-12-18(17)23(26)30;1-31-24(30)19-13-7-8-14-25(19)23(29)20(15-16-9-3-2-4-10-16)26-21(27)17-11-5-6-12-18(17)22(26)28;26-20-15-8-3-4-9-16(15)21(27)25(20)19-12-13-6-1-2-7-14(13)17-10-5-11-18(23(29)30)24(17)22(19)28/h2-6,9-12,14,19-20H,7-8,13,15H2,1H3,(H,25,28);2-6,8-12,14,19-20H,7,13,15H2,1H3;1-4,6-9,17-19H,5,10-12H2,(H,29,30)/t2*19-,20-;17?,18?,19-/m000/s1. The summed E-state index contributed by atoms with van der Waals surface area (Å²) in [6.45, 7) is 0. The van der Waals surface area contributed by atoms with Crippen molar-refractivity contribution in [3.8, 4) is 0 Å². The van der Waals surface area contributed by atoms with Crippen LogP contribution in [0, 0.1) is 0 Å². The van der Waals surface area contributed by atoms with Crippen LogP contribution in [0.5, 0.6) is 0 Å². The Bertz CT molecular complexity index is 3880. The summed E-state index contributed by atoms with van der Waals surface area (Å²) in [4.78, 5) is 172. The summed E-state index contributed by atoms with van der Waals surface area (Å²) in [5.41, 5.74) is 4.89. The molecule has 6 aliphatic heterocycles. The molecular formula is C71H66N6O16. The maximum atomic E-state index is 13.7. The molecule has 7 atom stereocenters. The highest BCUT2D eigenvalue weighted by atomic mass is 16.5. The number of carboxylic acids is 1. The molecule has 6 heterocycles. The fraction of sp³-hybridized carbons (Fsp3) is 0.282. The number of methoxy groups -OCH3 is 2. The quantitative estimate of drug-likeness (QED) is 0.0406. The summed E-state index contributed by atoms with van der Waals surface area (Å²) >= 11 is 0. The average Bonchev–Trinajstić information content (AvgIpc) is 1.66. The van der Waals surface area contributed by atoms with Gasteiger partial charge in [-0.05, 0) is 104 Å². The number of aliphatic carboxylic acids is 1. The van der Waals surface area contributed by atoms with Crippen molar-refractivity contribution in [2.24, 2.45) is 0 Å². The third-order valence-corrected chi connectivity index (χ3v) is 17.4. The number of rotatable bonds is 17. The molecule has 1 saturated heterocycles. The Morgan fingerprint density at radius 1 is 0.570 bits per heavy atom. The van der Waals surface area contributed by atoms with Crippen LogP contribution >= 0.6 is 0 Å². The van der Waals surface area contributed by atoms with Crippen LogP contribution in [0.2, 0.25) is 0 Å². The molecule has 93 heavy (non-hydrogen) atoms. The number of piperidine rings is 1. The summed E-state index contributed by atoms with van der Waals surface area (Å²) < 4.78 is 9.64. The van der Waals surface area contributed by atoms with Crippen LogP contribution in [-0.2, 0) is 62.3 Å². The van der Waals surface area contributed by atoms with Gasteiger partial charge in [0.25, 0.3) is 41.4 Å². The number of carboxylic acid groups (broad SMARTS) is 1. The third-order valence-electron chi connectivity index (χ3n) is 17.4. The summed E-state index contributed by atoms with van der Waals surface area (Å²) in [5.74, 6) is -7.02. The molecular weight excluding hydrogens is 1190 g/mol. The number of imide groups is 3. The van der Waals surface area contributed by atoms with Gasteiger partial charge in [0.1, 0.15) is 42.5 Å². The zero-order valence-electron chi connectivity index (χ0n) is 50.9. The van der Waals surface area contributed by atoms with E-state index in [9.17, 15) is 67.4 Å². The number of benzene rings is 6. The number of ether oxygens (including phenoxy) is 2. The van der Waals surface area contributed by atoms with E-state index >= 15 is 0 Å². The number of carbonyl (C=O) groups excluding carboxylic acids is 12. The molecule has 0 aromatic heterocycles. The minimum absolute atomic E-state index is 0.0837. The zero-order valence-corrected chi connectivity index (χ0v) is 50.9. The second-order valence-electron chi connectivity index (χ2n) is 22.9. The third kappa shape index (κ3) is 13.3. The minimum atomic E-state index is -1.16. The van der Waals surface area contributed by atoms with E-state index in [4.69, 9.17) is 9.47 Å². The van der Waals surface area contributed by atoms with Crippen molar-refractivity contribution in [2.45, 2.75) is 113 Å². The van der Waals surface area contributed by atoms with Gasteiger partial charge >= 0.3 is 17.9 Å². The largest absolute Gasteiger partial charge is 0.480 e. The van der Waals surface area contributed by atoms with Crippen molar-refractivity contribution < 1.29 is 76.9 Å². The minimum Gasteiger partial charge on any atom is -0.480 e. The Morgan fingerprint density at radius 3 is 1.56 bits per heavy atom. The van der Waals surface area contributed by atoms with E-state index in [1.807, 2.05) is 60.7 Å². The van der Waals surface area contributed by atoms with Gasteiger partial charge in [0.15, 0.2) is 0 Å². The first-order valence-electron chi connectivity index (χ1n) is 30.5. The molecule has 0 bridgehead atoms. The summed E-state index contributed by atoms with van der Waals surface area (Å²) in [6, 6.07) is 38.7. The lowest BCUT2D eigenvalue weighted by molar-refractivity contribution is -0.156. The van der Waals surface area contributed by atoms with E-state index in [2.05, 4.69) is 5.32 Å². The lowest BCUT2D eigenvalue weighted by atomic mass is 9.89. The van der Waals surface area contributed by atoms with Crippen LogP contribution in [0.4, 0.5) is 0 Å². The SMILES string of the molecule is COC(=O)[C@@H]1CCC=CN1C(=O)[C@H](Cc1ccccc1)N1C(=O)c2ccccc2C1=O.COC(=O)[C@H](CCCC=O)NC(=O)[C@H](Cc1ccccc1)N1C(=O)c2ccccc2C1=O.O=C(O)C1CCCC2c3ccccc3C[C@H](N3C(=O)c4ccccc4C3=O)C(=O)N12. The molecule has 0 saturated carbocycles. The fourth-order valence-electron chi connectivity index (χ4n) is 12.8. The highest BCUT2D eigenvalue weighted by molar-refractivity contribution is 6.25. The van der Waals surface area contributed by atoms with E-state index in [0.29, 0.717) is 38.5 Å². The first-order valence-corrected chi connectivity index (χ1v) is 30.5. The van der Waals surface area contributed by atoms with Gasteiger partial charge < -0.3 is 34.5 Å². The van der Waals surface area contributed by atoms with E-state index < -0.39 is 107 Å². The summed E-state index contributed by atoms with van der Waals surface area (Å²) in [7, 11) is 2.47. The van der Waals surface area contributed by atoms with Crippen molar-refractivity contribution >= 4 is 77.4 Å². The number of allylic oxidation sites excluding steroid dienone is 1. The first kappa shape index (κ1) is 64.9.